The number of hydrogen-bond acceptors (Lipinski definition) is 5. The Labute approximate surface area is 145 Å². The molecule has 1 amide bonds. The van der Waals surface area contributed by atoms with Gasteiger partial charge in [-0.2, -0.15) is 0 Å². The molecule has 0 unspecified atom stereocenters. The highest BCUT2D eigenvalue weighted by Crippen LogP contribution is 2.24. The smallest absolute Gasteiger partial charge is 0.263 e. The number of aromatic nitrogens is 1. The summed E-state index contributed by atoms with van der Waals surface area (Å²) in [5.74, 6) is 0.202. The summed E-state index contributed by atoms with van der Waals surface area (Å²) < 4.78 is 0. The van der Waals surface area contributed by atoms with Gasteiger partial charge in [0.1, 0.15) is 0 Å². The Balaban J connectivity index is 1.61. The molecule has 1 aliphatic rings. The van der Waals surface area contributed by atoms with Gasteiger partial charge in [-0.3, -0.25) is 9.69 Å². The maximum atomic E-state index is 12.8. The number of rotatable bonds is 4. The number of hydrogen-bond donors (Lipinski definition) is 0. The maximum Gasteiger partial charge on any atom is 0.263 e. The summed E-state index contributed by atoms with van der Waals surface area (Å²) in [6, 6.07) is 2.08. The third-order valence-electron chi connectivity index (χ3n) is 4.36. The molecule has 3 heterocycles. The predicted molar refractivity (Wildman–Crippen MR) is 96.3 cm³/mol. The number of nitrogens with zero attached hydrogens (tertiary/aromatic N) is 3. The zero-order valence-electron chi connectivity index (χ0n) is 13.7. The van der Waals surface area contributed by atoms with Crippen LogP contribution in [0.15, 0.2) is 17.0 Å². The number of thiophene rings is 1. The first kappa shape index (κ1) is 16.6. The summed E-state index contributed by atoms with van der Waals surface area (Å²) in [6.07, 6.45) is 2.03. The van der Waals surface area contributed by atoms with Gasteiger partial charge in [-0.05, 0) is 31.4 Å². The standard InChI is InChI=1S/C17H23N3OS2/c1-3-14-9-16(23-13(14)2)17(21)20-6-4-5-19(7-8-20)10-15-11-22-12-18-15/h9,11-12H,3-8,10H2,1-2H3. The number of aryl methyl sites for hydroxylation is 2. The maximum absolute atomic E-state index is 12.8. The average Bonchev–Trinajstić information content (AvgIpc) is 3.12. The van der Waals surface area contributed by atoms with Gasteiger partial charge in [-0.25, -0.2) is 4.98 Å². The molecule has 124 valence electrons. The van der Waals surface area contributed by atoms with Crippen LogP contribution in [-0.4, -0.2) is 46.9 Å². The van der Waals surface area contributed by atoms with E-state index in [0.717, 1.165) is 56.1 Å². The van der Waals surface area contributed by atoms with Gasteiger partial charge in [-0.15, -0.1) is 22.7 Å². The van der Waals surface area contributed by atoms with Crippen LogP contribution in [0.1, 0.15) is 39.2 Å². The van der Waals surface area contributed by atoms with Crippen LogP contribution in [0.2, 0.25) is 0 Å². The van der Waals surface area contributed by atoms with Crippen LogP contribution >= 0.6 is 22.7 Å². The highest BCUT2D eigenvalue weighted by atomic mass is 32.1. The lowest BCUT2D eigenvalue weighted by Gasteiger charge is -2.21. The van der Waals surface area contributed by atoms with E-state index in [2.05, 4.69) is 35.2 Å². The fourth-order valence-electron chi connectivity index (χ4n) is 3.01. The second kappa shape index (κ2) is 7.55. The Morgan fingerprint density at radius 3 is 2.87 bits per heavy atom. The van der Waals surface area contributed by atoms with Gasteiger partial charge in [-0.1, -0.05) is 6.92 Å². The Bertz CT molecular complexity index is 651. The first-order valence-electron chi connectivity index (χ1n) is 8.15. The molecule has 1 saturated heterocycles. The van der Waals surface area contributed by atoms with Gasteiger partial charge < -0.3 is 4.90 Å². The Hall–Kier alpha value is -1.24. The fraction of sp³-hybridized carbons (Fsp3) is 0.529. The van der Waals surface area contributed by atoms with Crippen molar-refractivity contribution in [3.05, 3.63) is 38.0 Å². The molecule has 0 spiro atoms. The van der Waals surface area contributed by atoms with Crippen LogP contribution in [0, 0.1) is 6.92 Å². The fourth-order valence-corrected chi connectivity index (χ4v) is 4.64. The molecule has 2 aromatic heterocycles. The summed E-state index contributed by atoms with van der Waals surface area (Å²) in [6.45, 7) is 8.76. The van der Waals surface area contributed by atoms with E-state index in [1.807, 2.05) is 10.4 Å². The minimum Gasteiger partial charge on any atom is -0.337 e. The van der Waals surface area contributed by atoms with E-state index in [9.17, 15) is 4.79 Å². The van der Waals surface area contributed by atoms with Gasteiger partial charge in [0.2, 0.25) is 0 Å². The molecule has 3 rings (SSSR count). The third-order valence-corrected chi connectivity index (χ3v) is 6.07. The Kier molecular flexibility index (Phi) is 5.46. The van der Waals surface area contributed by atoms with E-state index in [1.165, 1.54) is 10.4 Å². The van der Waals surface area contributed by atoms with Gasteiger partial charge in [0, 0.05) is 43.0 Å². The highest BCUT2D eigenvalue weighted by molar-refractivity contribution is 7.14. The number of thiazole rings is 1. The van der Waals surface area contributed by atoms with Crippen LogP contribution in [0.3, 0.4) is 0 Å². The molecular formula is C17H23N3OS2. The van der Waals surface area contributed by atoms with Crippen molar-refractivity contribution in [1.82, 2.24) is 14.8 Å². The van der Waals surface area contributed by atoms with Crippen LogP contribution in [0.4, 0.5) is 0 Å². The topological polar surface area (TPSA) is 36.4 Å². The summed E-state index contributed by atoms with van der Waals surface area (Å²) in [4.78, 5) is 23.7. The molecule has 23 heavy (non-hydrogen) atoms. The van der Waals surface area contributed by atoms with Crippen molar-refractivity contribution in [2.75, 3.05) is 26.2 Å². The van der Waals surface area contributed by atoms with Crippen LogP contribution in [0.25, 0.3) is 0 Å². The lowest BCUT2D eigenvalue weighted by molar-refractivity contribution is 0.0766. The van der Waals surface area contributed by atoms with Crippen molar-refractivity contribution >= 4 is 28.6 Å². The Morgan fingerprint density at radius 2 is 2.17 bits per heavy atom. The number of amides is 1. The van der Waals surface area contributed by atoms with Crippen LogP contribution in [0.5, 0.6) is 0 Å². The minimum absolute atomic E-state index is 0.202. The zero-order valence-corrected chi connectivity index (χ0v) is 15.4. The van der Waals surface area contributed by atoms with Gasteiger partial charge >= 0.3 is 0 Å². The van der Waals surface area contributed by atoms with Crippen molar-refractivity contribution in [3.63, 3.8) is 0 Å². The van der Waals surface area contributed by atoms with E-state index in [-0.39, 0.29) is 5.91 Å². The second-order valence-corrected chi connectivity index (χ2v) is 7.92. The average molecular weight is 350 g/mol. The number of carbonyl (C=O) groups is 1. The molecule has 0 atom stereocenters. The van der Waals surface area contributed by atoms with Crippen LogP contribution in [-0.2, 0) is 13.0 Å². The van der Waals surface area contributed by atoms with E-state index >= 15 is 0 Å². The van der Waals surface area contributed by atoms with Crippen molar-refractivity contribution in [3.8, 4) is 0 Å². The molecule has 0 saturated carbocycles. The summed E-state index contributed by atoms with van der Waals surface area (Å²) >= 11 is 3.28. The van der Waals surface area contributed by atoms with Crippen molar-refractivity contribution in [1.29, 1.82) is 0 Å². The van der Waals surface area contributed by atoms with Gasteiger partial charge in [0.25, 0.3) is 5.91 Å². The minimum atomic E-state index is 0.202. The van der Waals surface area contributed by atoms with E-state index < -0.39 is 0 Å². The summed E-state index contributed by atoms with van der Waals surface area (Å²) in [5.41, 5.74) is 4.32. The Morgan fingerprint density at radius 1 is 1.30 bits per heavy atom. The molecule has 6 heteroatoms. The number of carbonyl (C=O) groups excluding carboxylic acids is 1. The lowest BCUT2D eigenvalue weighted by atomic mass is 10.2. The SMILES string of the molecule is CCc1cc(C(=O)N2CCCN(Cc3cscn3)CC2)sc1C. The zero-order chi connectivity index (χ0) is 16.2. The third kappa shape index (κ3) is 4.00. The normalized spacial score (nSPS) is 16.5. The lowest BCUT2D eigenvalue weighted by Crippen LogP contribution is -2.34. The summed E-state index contributed by atoms with van der Waals surface area (Å²) in [5, 5.41) is 2.11. The van der Waals surface area contributed by atoms with Crippen molar-refractivity contribution in [2.45, 2.75) is 33.2 Å². The highest BCUT2D eigenvalue weighted by Gasteiger charge is 2.22. The largest absolute Gasteiger partial charge is 0.337 e. The van der Waals surface area contributed by atoms with Crippen molar-refractivity contribution in [2.24, 2.45) is 0 Å². The quantitative estimate of drug-likeness (QED) is 0.848. The van der Waals surface area contributed by atoms with Gasteiger partial charge in [0.05, 0.1) is 16.1 Å². The second-order valence-electron chi connectivity index (χ2n) is 5.95. The molecule has 0 bridgehead atoms. The molecule has 0 N–H and O–H groups in total. The predicted octanol–water partition coefficient (Wildman–Crippen LogP) is 3.42. The molecule has 1 aliphatic heterocycles. The molecular weight excluding hydrogens is 326 g/mol. The monoisotopic (exact) mass is 349 g/mol. The summed E-state index contributed by atoms with van der Waals surface area (Å²) in [7, 11) is 0. The van der Waals surface area contributed by atoms with Crippen molar-refractivity contribution < 1.29 is 4.79 Å². The van der Waals surface area contributed by atoms with E-state index in [0.29, 0.717) is 0 Å². The van der Waals surface area contributed by atoms with Crippen LogP contribution < -0.4 is 0 Å². The molecule has 4 nitrogen and oxygen atoms in total. The van der Waals surface area contributed by atoms with E-state index in [4.69, 9.17) is 0 Å². The van der Waals surface area contributed by atoms with E-state index in [1.54, 1.807) is 22.7 Å². The van der Waals surface area contributed by atoms with Gasteiger partial charge in [0.15, 0.2) is 0 Å². The molecule has 1 fully saturated rings. The first-order chi connectivity index (χ1) is 11.2. The molecule has 0 radical (unpaired) electrons. The molecule has 0 aromatic carbocycles. The molecule has 2 aromatic rings. The molecule has 0 aliphatic carbocycles. The first-order valence-corrected chi connectivity index (χ1v) is 9.91.